The first kappa shape index (κ1) is 17.3. The predicted octanol–water partition coefficient (Wildman–Crippen LogP) is 3.12. The van der Waals surface area contributed by atoms with Crippen molar-refractivity contribution in [3.8, 4) is 0 Å². The Morgan fingerprint density at radius 2 is 1.82 bits per heavy atom. The van der Waals surface area contributed by atoms with Gasteiger partial charge in [-0.3, -0.25) is 9.80 Å². The van der Waals surface area contributed by atoms with Crippen LogP contribution >= 0.6 is 0 Å². The van der Waals surface area contributed by atoms with Crippen LogP contribution in [0.5, 0.6) is 0 Å². The van der Waals surface area contributed by atoms with Crippen molar-refractivity contribution in [1.82, 2.24) is 14.7 Å². The summed E-state index contributed by atoms with van der Waals surface area (Å²) in [5.74, 6) is 0. The van der Waals surface area contributed by atoms with Crippen molar-refractivity contribution in [1.29, 1.82) is 0 Å². The fraction of sp³-hybridized carbons (Fsp3) is 0.684. The predicted molar refractivity (Wildman–Crippen MR) is 96.0 cm³/mol. The molecule has 2 heterocycles. The third-order valence-electron chi connectivity index (χ3n) is 5.37. The Morgan fingerprint density at radius 3 is 2.32 bits per heavy atom. The third kappa shape index (κ3) is 4.02. The summed E-state index contributed by atoms with van der Waals surface area (Å²) in [4.78, 5) is 7.69. The summed E-state index contributed by atoms with van der Waals surface area (Å²) in [6.07, 6.45) is 6.41. The maximum Gasteiger partial charge on any atom is 0.0447 e. The summed E-state index contributed by atoms with van der Waals surface area (Å²) < 4.78 is 0. The summed E-state index contributed by atoms with van der Waals surface area (Å²) in [6, 6.07) is 1.45. The minimum Gasteiger partial charge on any atom is -0.369 e. The van der Waals surface area contributed by atoms with Gasteiger partial charge in [-0.25, -0.2) is 0 Å². The van der Waals surface area contributed by atoms with Gasteiger partial charge in [0.1, 0.15) is 0 Å². The zero-order chi connectivity index (χ0) is 16.1. The molecule has 1 unspecified atom stereocenters. The van der Waals surface area contributed by atoms with E-state index < -0.39 is 0 Å². The van der Waals surface area contributed by atoms with Gasteiger partial charge in [0.05, 0.1) is 0 Å². The summed E-state index contributed by atoms with van der Waals surface area (Å²) in [6.45, 7) is 22.0. The van der Waals surface area contributed by atoms with Crippen LogP contribution in [0.25, 0.3) is 0 Å². The van der Waals surface area contributed by atoms with Crippen LogP contribution in [0.4, 0.5) is 0 Å². The van der Waals surface area contributed by atoms with Crippen molar-refractivity contribution in [2.75, 3.05) is 39.3 Å². The second-order valence-corrected chi connectivity index (χ2v) is 6.66. The van der Waals surface area contributed by atoms with Gasteiger partial charge in [-0.1, -0.05) is 33.1 Å². The Kier molecular flexibility index (Phi) is 6.27. The topological polar surface area (TPSA) is 9.72 Å². The first-order valence-corrected chi connectivity index (χ1v) is 8.84. The van der Waals surface area contributed by atoms with Gasteiger partial charge in [0, 0.05) is 57.0 Å². The van der Waals surface area contributed by atoms with Gasteiger partial charge in [-0.05, 0) is 31.4 Å². The highest BCUT2D eigenvalue weighted by molar-refractivity contribution is 5.27. The van der Waals surface area contributed by atoms with E-state index in [0.717, 1.165) is 37.3 Å². The molecule has 0 aliphatic carbocycles. The number of likely N-dealkylation sites (tertiary alicyclic amines) is 1. The standard InChI is InChI=1S/C19H33N3/c1-6-16(4)20-9-11-21(12-10-20)19-14-22(15-19)17(5)13-18(7-2)8-3/h7,13,16,19H,2,5-6,8-12,14-15H2,1,3-4H3/b18-13+. The zero-order valence-electron chi connectivity index (χ0n) is 14.7. The van der Waals surface area contributed by atoms with Crippen LogP contribution in [0.2, 0.25) is 0 Å². The number of rotatable bonds is 7. The molecule has 0 amide bonds. The average molecular weight is 303 g/mol. The molecule has 2 rings (SSSR count). The van der Waals surface area contributed by atoms with E-state index >= 15 is 0 Å². The van der Waals surface area contributed by atoms with Crippen molar-refractivity contribution in [3.63, 3.8) is 0 Å². The number of hydrogen-bond acceptors (Lipinski definition) is 3. The van der Waals surface area contributed by atoms with Crippen LogP contribution in [0.3, 0.4) is 0 Å². The van der Waals surface area contributed by atoms with Crippen LogP contribution in [0.1, 0.15) is 33.6 Å². The number of hydrogen-bond donors (Lipinski definition) is 0. The van der Waals surface area contributed by atoms with E-state index in [4.69, 9.17) is 0 Å². The summed E-state index contributed by atoms with van der Waals surface area (Å²) in [5, 5.41) is 0. The largest absolute Gasteiger partial charge is 0.369 e. The normalized spacial score (nSPS) is 23.2. The SMILES string of the molecule is C=C/C(=C\C(=C)N1CC(N2CCN(C(C)CC)CC2)C1)CC. The first-order valence-electron chi connectivity index (χ1n) is 8.84. The fourth-order valence-electron chi connectivity index (χ4n) is 3.33. The smallest absolute Gasteiger partial charge is 0.0447 e. The van der Waals surface area contributed by atoms with E-state index in [2.05, 4.69) is 54.7 Å². The maximum absolute atomic E-state index is 4.21. The van der Waals surface area contributed by atoms with Crippen molar-refractivity contribution < 1.29 is 0 Å². The van der Waals surface area contributed by atoms with Crippen LogP contribution in [-0.4, -0.2) is 66.1 Å². The van der Waals surface area contributed by atoms with E-state index in [1.807, 2.05) is 6.08 Å². The van der Waals surface area contributed by atoms with Gasteiger partial charge in [0.15, 0.2) is 0 Å². The Balaban J connectivity index is 1.75. The number of piperazine rings is 1. The second kappa shape index (κ2) is 7.98. The van der Waals surface area contributed by atoms with Crippen LogP contribution in [0.15, 0.2) is 36.6 Å². The molecule has 124 valence electrons. The zero-order valence-corrected chi connectivity index (χ0v) is 14.7. The van der Waals surface area contributed by atoms with Gasteiger partial charge in [-0.15, -0.1) is 0 Å². The van der Waals surface area contributed by atoms with Crippen LogP contribution in [0, 0.1) is 0 Å². The summed E-state index contributed by atoms with van der Waals surface area (Å²) in [7, 11) is 0. The second-order valence-electron chi connectivity index (χ2n) is 6.66. The van der Waals surface area contributed by atoms with E-state index in [-0.39, 0.29) is 0 Å². The van der Waals surface area contributed by atoms with Crippen molar-refractivity contribution >= 4 is 0 Å². The van der Waals surface area contributed by atoms with E-state index in [1.54, 1.807) is 0 Å². The molecule has 1 atom stereocenters. The van der Waals surface area contributed by atoms with Crippen molar-refractivity contribution in [2.45, 2.75) is 45.7 Å². The molecule has 3 heteroatoms. The Morgan fingerprint density at radius 1 is 1.18 bits per heavy atom. The first-order chi connectivity index (χ1) is 10.6. The molecular formula is C19H33N3. The minimum atomic E-state index is 0.720. The van der Waals surface area contributed by atoms with Gasteiger partial charge in [0.25, 0.3) is 0 Å². The molecule has 2 aliphatic heterocycles. The fourth-order valence-corrected chi connectivity index (χ4v) is 3.33. The van der Waals surface area contributed by atoms with E-state index in [9.17, 15) is 0 Å². The summed E-state index contributed by atoms with van der Waals surface area (Å²) in [5.41, 5.74) is 2.42. The van der Waals surface area contributed by atoms with Crippen LogP contribution < -0.4 is 0 Å². The third-order valence-corrected chi connectivity index (χ3v) is 5.37. The molecule has 0 saturated carbocycles. The van der Waals surface area contributed by atoms with Gasteiger partial charge >= 0.3 is 0 Å². The highest BCUT2D eigenvalue weighted by Gasteiger charge is 2.34. The van der Waals surface area contributed by atoms with Gasteiger partial charge in [-0.2, -0.15) is 0 Å². The number of nitrogens with zero attached hydrogens (tertiary/aromatic N) is 3. The molecule has 0 N–H and O–H groups in total. The Bertz CT molecular complexity index is 412. The lowest BCUT2D eigenvalue weighted by atomic mass is 10.0. The maximum atomic E-state index is 4.21. The van der Waals surface area contributed by atoms with Crippen LogP contribution in [-0.2, 0) is 0 Å². The Labute approximate surface area is 137 Å². The lowest BCUT2D eigenvalue weighted by molar-refractivity contribution is 0.0136. The molecule has 0 aromatic heterocycles. The highest BCUT2D eigenvalue weighted by Crippen LogP contribution is 2.23. The lowest BCUT2D eigenvalue weighted by Crippen LogP contribution is -2.62. The number of allylic oxidation sites excluding steroid dienone is 3. The molecule has 0 aromatic carbocycles. The molecular weight excluding hydrogens is 270 g/mol. The molecule has 0 spiro atoms. The van der Waals surface area contributed by atoms with E-state index in [0.29, 0.717) is 0 Å². The minimum absolute atomic E-state index is 0.720. The molecule has 2 aliphatic rings. The lowest BCUT2D eigenvalue weighted by Gasteiger charge is -2.50. The molecule has 0 aromatic rings. The monoisotopic (exact) mass is 303 g/mol. The van der Waals surface area contributed by atoms with Crippen molar-refractivity contribution in [3.05, 3.63) is 36.6 Å². The highest BCUT2D eigenvalue weighted by atomic mass is 15.4. The molecule has 0 bridgehead atoms. The van der Waals surface area contributed by atoms with Gasteiger partial charge in [0.2, 0.25) is 0 Å². The molecule has 22 heavy (non-hydrogen) atoms. The van der Waals surface area contributed by atoms with E-state index in [1.165, 1.54) is 38.2 Å². The molecule has 2 saturated heterocycles. The average Bonchev–Trinajstić information content (AvgIpc) is 2.51. The Hall–Kier alpha value is -1.06. The molecule has 2 fully saturated rings. The quantitative estimate of drug-likeness (QED) is 0.669. The molecule has 3 nitrogen and oxygen atoms in total. The van der Waals surface area contributed by atoms with Crippen molar-refractivity contribution in [2.24, 2.45) is 0 Å². The van der Waals surface area contributed by atoms with Gasteiger partial charge < -0.3 is 4.90 Å². The molecule has 0 radical (unpaired) electrons. The summed E-state index contributed by atoms with van der Waals surface area (Å²) >= 11 is 0.